The first-order valence-corrected chi connectivity index (χ1v) is 9.09. The van der Waals surface area contributed by atoms with Crippen LogP contribution in [0.4, 0.5) is 10.5 Å². The lowest BCUT2D eigenvalue weighted by Gasteiger charge is -2.34. The molecule has 2 N–H and O–H groups in total. The maximum absolute atomic E-state index is 11.5. The summed E-state index contributed by atoms with van der Waals surface area (Å²) in [6, 6.07) is 11.2. The minimum Gasteiger partial charge on any atom is -0.444 e. The summed E-state index contributed by atoms with van der Waals surface area (Å²) in [6.45, 7) is 9.06. The third kappa shape index (κ3) is 7.61. The first kappa shape index (κ1) is 19.3. The van der Waals surface area contributed by atoms with Crippen LogP contribution in [0.1, 0.15) is 33.6 Å². The lowest BCUT2D eigenvalue weighted by atomic mass is 10.0. The predicted octanol–water partition coefficient (Wildman–Crippen LogP) is 3.33. The summed E-state index contributed by atoms with van der Waals surface area (Å²) in [5, 5.41) is 6.28. The van der Waals surface area contributed by atoms with Crippen molar-refractivity contribution >= 4 is 11.8 Å². The molecular formula is C20H31N3O2. The number of amides is 1. The summed E-state index contributed by atoms with van der Waals surface area (Å²) in [7, 11) is 0. The van der Waals surface area contributed by atoms with Crippen LogP contribution in [0.3, 0.4) is 0 Å². The SMILES string of the molecule is CC(C)(C)OC(=O)NC/C=C/CNC1CCN(c2ccccc2)CC1. The average Bonchev–Trinajstić information content (AvgIpc) is 2.58. The van der Waals surface area contributed by atoms with Crippen molar-refractivity contribution in [2.45, 2.75) is 45.3 Å². The maximum atomic E-state index is 11.5. The Labute approximate surface area is 151 Å². The van der Waals surface area contributed by atoms with E-state index in [4.69, 9.17) is 4.74 Å². The Bertz CT molecular complexity index is 544. The zero-order valence-corrected chi connectivity index (χ0v) is 15.6. The number of piperidine rings is 1. The molecule has 5 nitrogen and oxygen atoms in total. The largest absolute Gasteiger partial charge is 0.444 e. The molecule has 5 heteroatoms. The van der Waals surface area contributed by atoms with Crippen LogP contribution in [0.2, 0.25) is 0 Å². The number of hydrogen-bond donors (Lipinski definition) is 2. The average molecular weight is 345 g/mol. The van der Waals surface area contributed by atoms with E-state index in [1.807, 2.05) is 26.8 Å². The smallest absolute Gasteiger partial charge is 0.407 e. The van der Waals surface area contributed by atoms with Crippen molar-refractivity contribution in [2.24, 2.45) is 0 Å². The number of rotatable bonds is 6. The van der Waals surface area contributed by atoms with E-state index in [0.717, 1.165) is 32.5 Å². The van der Waals surface area contributed by atoms with Gasteiger partial charge in [0.1, 0.15) is 5.60 Å². The zero-order chi connectivity index (χ0) is 18.1. The minimum absolute atomic E-state index is 0.376. The molecule has 0 saturated carbocycles. The summed E-state index contributed by atoms with van der Waals surface area (Å²) in [4.78, 5) is 13.9. The summed E-state index contributed by atoms with van der Waals surface area (Å²) in [5.41, 5.74) is 0.860. The molecule has 1 aliphatic rings. The molecular weight excluding hydrogens is 314 g/mol. The predicted molar refractivity (Wildman–Crippen MR) is 103 cm³/mol. The number of carbonyl (C=O) groups excluding carboxylic acids is 1. The van der Waals surface area contributed by atoms with Gasteiger partial charge in [0.2, 0.25) is 0 Å². The van der Waals surface area contributed by atoms with Gasteiger partial charge >= 0.3 is 6.09 Å². The van der Waals surface area contributed by atoms with Gasteiger partial charge < -0.3 is 20.3 Å². The van der Waals surface area contributed by atoms with Crippen LogP contribution in [-0.2, 0) is 4.74 Å². The van der Waals surface area contributed by atoms with Gasteiger partial charge in [-0.25, -0.2) is 4.79 Å². The highest BCUT2D eigenvalue weighted by Crippen LogP contribution is 2.19. The van der Waals surface area contributed by atoms with Crippen molar-refractivity contribution in [3.63, 3.8) is 0 Å². The molecule has 2 rings (SSSR count). The Morgan fingerprint density at radius 3 is 2.44 bits per heavy atom. The second-order valence-corrected chi connectivity index (χ2v) is 7.36. The van der Waals surface area contributed by atoms with E-state index >= 15 is 0 Å². The van der Waals surface area contributed by atoms with Gasteiger partial charge in [0.05, 0.1) is 0 Å². The zero-order valence-electron chi connectivity index (χ0n) is 15.6. The third-order valence-electron chi connectivity index (χ3n) is 4.07. The van der Waals surface area contributed by atoms with Crippen molar-refractivity contribution in [3.05, 3.63) is 42.5 Å². The highest BCUT2D eigenvalue weighted by Gasteiger charge is 2.18. The number of alkyl carbamates (subject to hydrolysis) is 1. The lowest BCUT2D eigenvalue weighted by Crippen LogP contribution is -2.42. The summed E-state index contributed by atoms with van der Waals surface area (Å²) in [5.74, 6) is 0. The fourth-order valence-electron chi connectivity index (χ4n) is 2.84. The van der Waals surface area contributed by atoms with Gasteiger partial charge in [-0.3, -0.25) is 0 Å². The summed E-state index contributed by atoms with van der Waals surface area (Å²) >= 11 is 0. The lowest BCUT2D eigenvalue weighted by molar-refractivity contribution is 0.0534. The van der Waals surface area contributed by atoms with E-state index in [-0.39, 0.29) is 6.09 Å². The Morgan fingerprint density at radius 1 is 1.16 bits per heavy atom. The monoisotopic (exact) mass is 345 g/mol. The molecule has 0 bridgehead atoms. The Hall–Kier alpha value is -2.01. The van der Waals surface area contributed by atoms with Crippen molar-refractivity contribution in [1.82, 2.24) is 10.6 Å². The molecule has 25 heavy (non-hydrogen) atoms. The number of para-hydroxylation sites is 1. The summed E-state index contributed by atoms with van der Waals surface area (Å²) in [6.07, 6.45) is 5.94. The van der Waals surface area contributed by atoms with Crippen LogP contribution in [0.5, 0.6) is 0 Å². The molecule has 1 aromatic rings. The first-order valence-electron chi connectivity index (χ1n) is 9.09. The molecule has 138 valence electrons. The molecule has 1 heterocycles. The molecule has 1 saturated heterocycles. The Kier molecular flexibility index (Phi) is 7.31. The summed E-state index contributed by atoms with van der Waals surface area (Å²) < 4.78 is 5.18. The normalized spacial score (nSPS) is 16.2. The molecule has 0 spiro atoms. The van der Waals surface area contributed by atoms with Crippen LogP contribution >= 0.6 is 0 Å². The van der Waals surface area contributed by atoms with Crippen LogP contribution in [0.25, 0.3) is 0 Å². The van der Waals surface area contributed by atoms with Gasteiger partial charge in [-0.15, -0.1) is 0 Å². The minimum atomic E-state index is -0.454. The molecule has 0 aromatic heterocycles. The second-order valence-electron chi connectivity index (χ2n) is 7.36. The molecule has 0 unspecified atom stereocenters. The van der Waals surface area contributed by atoms with E-state index in [1.54, 1.807) is 0 Å². The molecule has 1 fully saturated rings. The van der Waals surface area contributed by atoms with Crippen LogP contribution in [0.15, 0.2) is 42.5 Å². The number of benzene rings is 1. The van der Waals surface area contributed by atoms with Gasteiger partial charge in [0, 0.05) is 37.9 Å². The number of nitrogens with zero attached hydrogens (tertiary/aromatic N) is 1. The van der Waals surface area contributed by atoms with Crippen molar-refractivity contribution in [2.75, 3.05) is 31.1 Å². The van der Waals surface area contributed by atoms with Gasteiger partial charge in [0.15, 0.2) is 0 Å². The van der Waals surface area contributed by atoms with Crippen LogP contribution in [0, 0.1) is 0 Å². The standard InChI is InChI=1S/C20H31N3O2/c1-20(2,3)25-19(24)22-14-8-7-13-21-17-11-15-23(16-12-17)18-9-5-4-6-10-18/h4-10,17,21H,11-16H2,1-3H3,(H,22,24)/b8-7+. The van der Waals surface area contributed by atoms with Gasteiger partial charge in [-0.05, 0) is 45.7 Å². The van der Waals surface area contributed by atoms with Crippen molar-refractivity contribution < 1.29 is 9.53 Å². The number of hydrogen-bond acceptors (Lipinski definition) is 4. The fourth-order valence-corrected chi connectivity index (χ4v) is 2.84. The molecule has 0 aliphatic carbocycles. The molecule has 0 radical (unpaired) electrons. The fraction of sp³-hybridized carbons (Fsp3) is 0.550. The second kappa shape index (κ2) is 9.47. The highest BCUT2D eigenvalue weighted by molar-refractivity contribution is 5.67. The van der Waals surface area contributed by atoms with Crippen molar-refractivity contribution in [1.29, 1.82) is 0 Å². The van der Waals surface area contributed by atoms with Gasteiger partial charge in [-0.2, -0.15) is 0 Å². The number of ether oxygens (including phenoxy) is 1. The maximum Gasteiger partial charge on any atom is 0.407 e. The highest BCUT2D eigenvalue weighted by atomic mass is 16.6. The topological polar surface area (TPSA) is 53.6 Å². The third-order valence-corrected chi connectivity index (χ3v) is 4.07. The van der Waals surface area contributed by atoms with E-state index in [2.05, 4.69) is 51.9 Å². The van der Waals surface area contributed by atoms with Crippen molar-refractivity contribution in [3.8, 4) is 0 Å². The molecule has 1 aliphatic heterocycles. The first-order chi connectivity index (χ1) is 11.9. The molecule has 1 aromatic carbocycles. The van der Waals surface area contributed by atoms with E-state index in [0.29, 0.717) is 12.6 Å². The quantitative estimate of drug-likeness (QED) is 0.777. The Balaban J connectivity index is 1.57. The Morgan fingerprint density at radius 2 is 1.80 bits per heavy atom. The van der Waals surface area contributed by atoms with E-state index in [9.17, 15) is 4.79 Å². The van der Waals surface area contributed by atoms with E-state index in [1.165, 1.54) is 5.69 Å². The van der Waals surface area contributed by atoms with Crippen LogP contribution in [-0.4, -0.2) is 43.9 Å². The molecule has 0 atom stereocenters. The number of nitrogens with one attached hydrogen (secondary N) is 2. The van der Waals surface area contributed by atoms with Gasteiger partial charge in [0.25, 0.3) is 0 Å². The molecule has 1 amide bonds. The number of carbonyl (C=O) groups is 1. The van der Waals surface area contributed by atoms with Crippen LogP contribution < -0.4 is 15.5 Å². The van der Waals surface area contributed by atoms with Gasteiger partial charge in [-0.1, -0.05) is 30.4 Å². The number of anilines is 1. The van der Waals surface area contributed by atoms with E-state index < -0.39 is 5.60 Å².